The van der Waals surface area contributed by atoms with E-state index in [0.717, 1.165) is 29.0 Å². The monoisotopic (exact) mass is 365 g/mol. The highest BCUT2D eigenvalue weighted by atomic mass is 16.5. The second-order valence-corrected chi connectivity index (χ2v) is 5.91. The van der Waals surface area contributed by atoms with Crippen LogP contribution in [-0.4, -0.2) is 35.3 Å². The third-order valence-electron chi connectivity index (χ3n) is 4.06. The first-order valence-corrected chi connectivity index (χ1v) is 8.85. The molecule has 0 aliphatic rings. The fourth-order valence-electron chi connectivity index (χ4n) is 2.69. The van der Waals surface area contributed by atoms with Crippen molar-refractivity contribution in [2.24, 2.45) is 0 Å². The molecule has 1 heterocycles. The maximum atomic E-state index is 9.66. The molecule has 3 rings (SSSR count). The van der Waals surface area contributed by atoms with Crippen molar-refractivity contribution in [3.8, 4) is 28.5 Å². The molecule has 27 heavy (non-hydrogen) atoms. The molecule has 0 spiro atoms. The number of phenols is 1. The third-order valence-corrected chi connectivity index (χ3v) is 4.06. The number of ether oxygens (including phenoxy) is 2. The zero-order chi connectivity index (χ0) is 19.1. The van der Waals surface area contributed by atoms with Crippen molar-refractivity contribution in [3.63, 3.8) is 0 Å². The van der Waals surface area contributed by atoms with Crippen molar-refractivity contribution >= 4 is 5.95 Å². The smallest absolute Gasteiger partial charge is 0.223 e. The Morgan fingerprint density at radius 3 is 2.63 bits per heavy atom. The van der Waals surface area contributed by atoms with Crippen LogP contribution < -0.4 is 14.8 Å². The molecule has 0 saturated carbocycles. The topological polar surface area (TPSA) is 76.5 Å². The van der Waals surface area contributed by atoms with Gasteiger partial charge in [-0.2, -0.15) is 0 Å². The van der Waals surface area contributed by atoms with Crippen molar-refractivity contribution in [2.75, 3.05) is 25.6 Å². The lowest BCUT2D eigenvalue weighted by Crippen LogP contribution is -2.08. The van der Waals surface area contributed by atoms with Crippen LogP contribution in [0.25, 0.3) is 11.3 Å². The quantitative estimate of drug-likeness (QED) is 0.630. The summed E-state index contributed by atoms with van der Waals surface area (Å²) < 4.78 is 10.6. The zero-order valence-corrected chi connectivity index (χ0v) is 15.5. The standard InChI is InChI=1S/C21H23N3O3/c1-3-27-17-7-5-16(6-8-17)18-11-13-23-21(24-18)22-12-10-15-4-9-19(25)20(14-15)26-2/h4-9,11,13-14,25H,3,10,12H2,1-2H3,(H,22,23,24). The van der Waals surface area contributed by atoms with Crippen LogP contribution in [0, 0.1) is 0 Å². The summed E-state index contributed by atoms with van der Waals surface area (Å²) in [5.41, 5.74) is 2.91. The minimum absolute atomic E-state index is 0.139. The molecule has 0 bridgehead atoms. The molecule has 0 saturated heterocycles. The fourth-order valence-corrected chi connectivity index (χ4v) is 2.69. The van der Waals surface area contributed by atoms with Gasteiger partial charge in [-0.25, -0.2) is 9.97 Å². The average molecular weight is 365 g/mol. The maximum Gasteiger partial charge on any atom is 0.223 e. The second kappa shape index (κ2) is 8.89. The van der Waals surface area contributed by atoms with Crippen LogP contribution >= 0.6 is 0 Å². The second-order valence-electron chi connectivity index (χ2n) is 5.91. The van der Waals surface area contributed by atoms with Crippen LogP contribution in [-0.2, 0) is 6.42 Å². The van der Waals surface area contributed by atoms with Crippen LogP contribution in [0.3, 0.4) is 0 Å². The van der Waals surface area contributed by atoms with Crippen LogP contribution in [0.4, 0.5) is 5.95 Å². The minimum atomic E-state index is 0.139. The van der Waals surface area contributed by atoms with E-state index in [1.54, 1.807) is 12.3 Å². The van der Waals surface area contributed by atoms with Gasteiger partial charge in [0.05, 0.1) is 19.4 Å². The van der Waals surface area contributed by atoms with Crippen molar-refractivity contribution < 1.29 is 14.6 Å². The summed E-state index contributed by atoms with van der Waals surface area (Å²) in [6.45, 7) is 3.28. The van der Waals surface area contributed by atoms with E-state index in [1.807, 2.05) is 49.4 Å². The van der Waals surface area contributed by atoms with Gasteiger partial charge in [0.25, 0.3) is 0 Å². The van der Waals surface area contributed by atoms with E-state index in [0.29, 0.717) is 24.8 Å². The number of hydrogen-bond donors (Lipinski definition) is 2. The highest BCUT2D eigenvalue weighted by molar-refractivity contribution is 5.61. The van der Waals surface area contributed by atoms with Crippen LogP contribution in [0.5, 0.6) is 17.2 Å². The lowest BCUT2D eigenvalue weighted by atomic mass is 10.1. The Bertz CT molecular complexity index is 882. The Morgan fingerprint density at radius 2 is 1.89 bits per heavy atom. The van der Waals surface area contributed by atoms with Gasteiger partial charge in [0.15, 0.2) is 11.5 Å². The third kappa shape index (κ3) is 4.88. The predicted molar refractivity (Wildman–Crippen MR) is 105 cm³/mol. The van der Waals surface area contributed by atoms with Gasteiger partial charge in [0, 0.05) is 18.3 Å². The van der Waals surface area contributed by atoms with E-state index >= 15 is 0 Å². The van der Waals surface area contributed by atoms with Crippen molar-refractivity contribution in [1.29, 1.82) is 0 Å². The summed E-state index contributed by atoms with van der Waals surface area (Å²) in [7, 11) is 1.54. The summed E-state index contributed by atoms with van der Waals surface area (Å²) >= 11 is 0. The molecule has 2 aromatic carbocycles. The van der Waals surface area contributed by atoms with Crippen molar-refractivity contribution in [1.82, 2.24) is 9.97 Å². The summed E-state index contributed by atoms with van der Waals surface area (Å²) in [6.07, 6.45) is 2.50. The van der Waals surface area contributed by atoms with Crippen LogP contribution in [0.2, 0.25) is 0 Å². The van der Waals surface area contributed by atoms with E-state index in [-0.39, 0.29) is 5.75 Å². The first-order valence-electron chi connectivity index (χ1n) is 8.85. The Balaban J connectivity index is 1.62. The number of phenolic OH excluding ortho intramolecular Hbond substituents is 1. The molecule has 0 unspecified atom stereocenters. The first-order chi connectivity index (χ1) is 13.2. The van der Waals surface area contributed by atoms with E-state index in [2.05, 4.69) is 15.3 Å². The Labute approximate surface area is 158 Å². The first kappa shape index (κ1) is 18.5. The molecule has 6 heteroatoms. The summed E-state index contributed by atoms with van der Waals surface area (Å²) in [5.74, 6) is 2.03. The molecule has 140 valence electrons. The molecule has 0 atom stereocenters. The molecule has 3 aromatic rings. The van der Waals surface area contributed by atoms with Gasteiger partial charge in [0.1, 0.15) is 5.75 Å². The molecular weight excluding hydrogens is 342 g/mol. The van der Waals surface area contributed by atoms with Crippen LogP contribution in [0.15, 0.2) is 54.7 Å². The maximum absolute atomic E-state index is 9.66. The van der Waals surface area contributed by atoms with Gasteiger partial charge in [-0.15, -0.1) is 0 Å². The number of benzene rings is 2. The number of anilines is 1. The number of nitrogens with one attached hydrogen (secondary N) is 1. The van der Waals surface area contributed by atoms with E-state index < -0.39 is 0 Å². The molecule has 0 aliphatic heterocycles. The van der Waals surface area contributed by atoms with Crippen molar-refractivity contribution in [2.45, 2.75) is 13.3 Å². The lowest BCUT2D eigenvalue weighted by molar-refractivity contribution is 0.340. The Morgan fingerprint density at radius 1 is 1.07 bits per heavy atom. The summed E-state index contributed by atoms with van der Waals surface area (Å²) in [4.78, 5) is 8.85. The van der Waals surface area contributed by atoms with Gasteiger partial charge in [-0.05, 0) is 61.4 Å². The van der Waals surface area contributed by atoms with Crippen molar-refractivity contribution in [3.05, 3.63) is 60.3 Å². The summed E-state index contributed by atoms with van der Waals surface area (Å²) in [6, 6.07) is 15.1. The number of methoxy groups -OCH3 is 1. The summed E-state index contributed by atoms with van der Waals surface area (Å²) in [5, 5.41) is 12.9. The largest absolute Gasteiger partial charge is 0.504 e. The van der Waals surface area contributed by atoms with Crippen LogP contribution in [0.1, 0.15) is 12.5 Å². The zero-order valence-electron chi connectivity index (χ0n) is 15.5. The molecule has 6 nitrogen and oxygen atoms in total. The van der Waals surface area contributed by atoms with Gasteiger partial charge in [-0.3, -0.25) is 0 Å². The lowest BCUT2D eigenvalue weighted by Gasteiger charge is -2.09. The minimum Gasteiger partial charge on any atom is -0.504 e. The van der Waals surface area contributed by atoms with E-state index in [9.17, 15) is 5.11 Å². The molecule has 0 aliphatic carbocycles. The highest BCUT2D eigenvalue weighted by Gasteiger charge is 2.05. The number of nitrogens with zero attached hydrogens (tertiary/aromatic N) is 2. The number of rotatable bonds is 8. The predicted octanol–water partition coefficient (Wildman–Crippen LogP) is 3.91. The molecule has 2 N–H and O–H groups in total. The number of aromatic hydroxyl groups is 1. The molecule has 0 amide bonds. The fraction of sp³-hybridized carbons (Fsp3) is 0.238. The van der Waals surface area contributed by atoms with Gasteiger partial charge in [-0.1, -0.05) is 6.07 Å². The highest BCUT2D eigenvalue weighted by Crippen LogP contribution is 2.26. The molecule has 0 radical (unpaired) electrons. The van der Waals surface area contributed by atoms with Gasteiger partial charge >= 0.3 is 0 Å². The molecule has 1 aromatic heterocycles. The van der Waals surface area contributed by atoms with E-state index in [1.165, 1.54) is 7.11 Å². The number of aromatic nitrogens is 2. The molecule has 0 fully saturated rings. The SMILES string of the molecule is CCOc1ccc(-c2ccnc(NCCc3ccc(O)c(OC)c3)n2)cc1. The van der Waals surface area contributed by atoms with Gasteiger partial charge in [0.2, 0.25) is 5.95 Å². The Kier molecular flexibility index (Phi) is 6.10. The van der Waals surface area contributed by atoms with E-state index in [4.69, 9.17) is 9.47 Å². The van der Waals surface area contributed by atoms with Gasteiger partial charge < -0.3 is 19.9 Å². The number of hydrogen-bond acceptors (Lipinski definition) is 6. The normalized spacial score (nSPS) is 10.4. The molecular formula is C21H23N3O3. The average Bonchev–Trinajstić information content (AvgIpc) is 2.70. The Hall–Kier alpha value is -3.28.